The molecule has 0 saturated carbocycles. The van der Waals surface area contributed by atoms with Crippen molar-refractivity contribution in [1.82, 2.24) is 0 Å². The van der Waals surface area contributed by atoms with Gasteiger partial charge in [-0.15, -0.1) is 0 Å². The Hall–Kier alpha value is -1.36. The number of carbonyl (C=O) groups excluding carboxylic acids is 1. The number of sulfone groups is 1. The van der Waals surface area contributed by atoms with Gasteiger partial charge in [-0.2, -0.15) is 0 Å². The molecule has 0 aromatic heterocycles. The fraction of sp³-hybridized carbons (Fsp3) is 0.500. The molecule has 2 heterocycles. The smallest absolute Gasteiger partial charge is 0.227 e. The lowest BCUT2D eigenvalue weighted by Crippen LogP contribution is -2.36. The van der Waals surface area contributed by atoms with E-state index >= 15 is 0 Å². The number of aryl methyl sites for hydroxylation is 2. The summed E-state index contributed by atoms with van der Waals surface area (Å²) >= 11 is 0. The Morgan fingerprint density at radius 3 is 2.37 bits per heavy atom. The number of hydrogen-bond acceptors (Lipinski definition) is 3. The van der Waals surface area contributed by atoms with Crippen molar-refractivity contribution in [3.8, 4) is 0 Å². The van der Waals surface area contributed by atoms with E-state index in [1.54, 1.807) is 4.90 Å². The summed E-state index contributed by atoms with van der Waals surface area (Å²) in [6.45, 7) is 3.97. The number of rotatable bonds is 1. The van der Waals surface area contributed by atoms with Crippen LogP contribution >= 0.6 is 0 Å². The minimum Gasteiger partial charge on any atom is -0.308 e. The monoisotopic (exact) mass is 279 g/mol. The number of nitrogens with zero attached hydrogens (tertiary/aromatic N) is 1. The molecule has 2 aliphatic rings. The molecule has 0 spiro atoms. The Labute approximate surface area is 113 Å². The molecule has 2 aliphatic heterocycles. The predicted octanol–water partition coefficient (Wildman–Crippen LogP) is 1.45. The van der Waals surface area contributed by atoms with E-state index in [9.17, 15) is 13.2 Å². The van der Waals surface area contributed by atoms with Gasteiger partial charge in [-0.25, -0.2) is 8.42 Å². The number of benzene rings is 1. The molecule has 4 nitrogen and oxygen atoms in total. The van der Waals surface area contributed by atoms with Crippen LogP contribution < -0.4 is 4.90 Å². The average Bonchev–Trinajstić information content (AvgIpc) is 2.66. The standard InChI is InChI=1S/C14H17NO3S/c1-9-3-10(2)5-12(4-9)15-13-8-19(17,18)7-11(13)6-14(15)16/h3-5,11,13H,6-8H2,1-2H3/t11-,13+/m0/s1. The van der Waals surface area contributed by atoms with Crippen molar-refractivity contribution in [3.63, 3.8) is 0 Å². The van der Waals surface area contributed by atoms with Gasteiger partial charge in [-0.3, -0.25) is 4.79 Å². The highest BCUT2D eigenvalue weighted by Crippen LogP contribution is 2.37. The molecule has 0 bridgehead atoms. The molecule has 0 unspecified atom stereocenters. The quantitative estimate of drug-likeness (QED) is 0.782. The minimum absolute atomic E-state index is 0.0293. The van der Waals surface area contributed by atoms with Crippen LogP contribution in [0.3, 0.4) is 0 Å². The highest BCUT2D eigenvalue weighted by Gasteiger charge is 2.49. The first-order valence-corrected chi connectivity index (χ1v) is 8.29. The van der Waals surface area contributed by atoms with Crippen LogP contribution in [0.15, 0.2) is 18.2 Å². The second kappa shape index (κ2) is 4.07. The number of amides is 1. The Balaban J connectivity index is 2.02. The van der Waals surface area contributed by atoms with E-state index in [0.29, 0.717) is 6.42 Å². The topological polar surface area (TPSA) is 54.5 Å². The van der Waals surface area contributed by atoms with Crippen LogP contribution in [0, 0.1) is 19.8 Å². The highest BCUT2D eigenvalue weighted by molar-refractivity contribution is 7.91. The molecule has 1 aromatic carbocycles. The maximum Gasteiger partial charge on any atom is 0.227 e. The molecule has 0 aliphatic carbocycles. The van der Waals surface area contributed by atoms with E-state index < -0.39 is 9.84 Å². The van der Waals surface area contributed by atoms with Crippen LogP contribution in [-0.4, -0.2) is 31.9 Å². The molecule has 19 heavy (non-hydrogen) atoms. The zero-order chi connectivity index (χ0) is 13.8. The molecule has 1 aromatic rings. The lowest BCUT2D eigenvalue weighted by molar-refractivity contribution is -0.117. The maximum atomic E-state index is 12.2. The molecular weight excluding hydrogens is 262 g/mol. The minimum atomic E-state index is -2.98. The first-order valence-electron chi connectivity index (χ1n) is 6.46. The lowest BCUT2D eigenvalue weighted by Gasteiger charge is -2.24. The highest BCUT2D eigenvalue weighted by atomic mass is 32.2. The number of hydrogen-bond donors (Lipinski definition) is 0. The third-order valence-electron chi connectivity index (χ3n) is 3.96. The van der Waals surface area contributed by atoms with E-state index in [-0.39, 0.29) is 29.4 Å². The van der Waals surface area contributed by atoms with Crippen LogP contribution in [0.5, 0.6) is 0 Å². The van der Waals surface area contributed by atoms with E-state index in [2.05, 4.69) is 0 Å². The SMILES string of the molecule is Cc1cc(C)cc(N2C(=O)C[C@H]3CS(=O)(=O)C[C@H]32)c1. The van der Waals surface area contributed by atoms with E-state index in [1.807, 2.05) is 32.0 Å². The third kappa shape index (κ3) is 2.16. The zero-order valence-electron chi connectivity index (χ0n) is 11.1. The van der Waals surface area contributed by atoms with Gasteiger partial charge in [0.25, 0.3) is 0 Å². The van der Waals surface area contributed by atoms with E-state index in [0.717, 1.165) is 16.8 Å². The van der Waals surface area contributed by atoms with Crippen molar-refractivity contribution in [2.45, 2.75) is 26.3 Å². The number of carbonyl (C=O) groups is 1. The van der Waals surface area contributed by atoms with Gasteiger partial charge in [-0.1, -0.05) is 6.07 Å². The molecule has 0 N–H and O–H groups in total. The summed E-state index contributed by atoms with van der Waals surface area (Å²) in [6.07, 6.45) is 0.358. The third-order valence-corrected chi connectivity index (χ3v) is 5.74. The molecule has 2 fully saturated rings. The lowest BCUT2D eigenvalue weighted by atomic mass is 10.0. The van der Waals surface area contributed by atoms with Gasteiger partial charge >= 0.3 is 0 Å². The van der Waals surface area contributed by atoms with E-state index in [1.165, 1.54) is 0 Å². The molecule has 1 amide bonds. The van der Waals surface area contributed by atoms with Crippen molar-refractivity contribution < 1.29 is 13.2 Å². The Bertz CT molecular complexity index is 630. The second-order valence-corrected chi connectivity index (χ2v) is 7.87. The molecule has 3 rings (SSSR count). The Morgan fingerprint density at radius 1 is 1.11 bits per heavy atom. The van der Waals surface area contributed by atoms with Gasteiger partial charge in [0.15, 0.2) is 9.84 Å². The van der Waals surface area contributed by atoms with Crippen molar-refractivity contribution in [2.24, 2.45) is 5.92 Å². The maximum absolute atomic E-state index is 12.2. The average molecular weight is 279 g/mol. The molecule has 2 saturated heterocycles. The normalized spacial score (nSPS) is 28.7. The molecule has 0 radical (unpaired) electrons. The summed E-state index contributed by atoms with van der Waals surface area (Å²) in [5.41, 5.74) is 3.02. The van der Waals surface area contributed by atoms with Gasteiger partial charge in [0.05, 0.1) is 17.5 Å². The van der Waals surface area contributed by atoms with Gasteiger partial charge in [0.1, 0.15) is 0 Å². The summed E-state index contributed by atoms with van der Waals surface area (Å²) in [6, 6.07) is 5.79. The first kappa shape index (κ1) is 12.7. The summed E-state index contributed by atoms with van der Waals surface area (Å²) in [4.78, 5) is 13.9. The number of anilines is 1. The van der Waals surface area contributed by atoms with Crippen LogP contribution in [0.1, 0.15) is 17.5 Å². The van der Waals surface area contributed by atoms with Crippen LogP contribution in [0.25, 0.3) is 0 Å². The van der Waals surface area contributed by atoms with Crippen LogP contribution in [-0.2, 0) is 14.6 Å². The van der Waals surface area contributed by atoms with Gasteiger partial charge in [0.2, 0.25) is 5.91 Å². The van der Waals surface area contributed by atoms with Crippen LogP contribution in [0.2, 0.25) is 0 Å². The summed E-state index contributed by atoms with van der Waals surface area (Å²) in [7, 11) is -2.98. The van der Waals surface area contributed by atoms with Gasteiger partial charge < -0.3 is 4.90 Å². The largest absolute Gasteiger partial charge is 0.308 e. The summed E-state index contributed by atoms with van der Waals surface area (Å²) < 4.78 is 23.4. The molecule has 5 heteroatoms. The fourth-order valence-electron chi connectivity index (χ4n) is 3.31. The Morgan fingerprint density at radius 2 is 1.74 bits per heavy atom. The van der Waals surface area contributed by atoms with Gasteiger partial charge in [0, 0.05) is 18.0 Å². The summed E-state index contributed by atoms with van der Waals surface area (Å²) in [5.74, 6) is 0.286. The van der Waals surface area contributed by atoms with Crippen molar-refractivity contribution in [1.29, 1.82) is 0 Å². The molecule has 102 valence electrons. The first-order chi connectivity index (χ1) is 8.85. The zero-order valence-corrected chi connectivity index (χ0v) is 11.9. The van der Waals surface area contributed by atoms with Gasteiger partial charge in [-0.05, 0) is 37.1 Å². The van der Waals surface area contributed by atoms with Crippen molar-refractivity contribution in [2.75, 3.05) is 16.4 Å². The fourth-order valence-corrected chi connectivity index (χ4v) is 5.38. The predicted molar refractivity (Wildman–Crippen MR) is 74.0 cm³/mol. The summed E-state index contributed by atoms with van der Waals surface area (Å²) in [5, 5.41) is 0. The molecular formula is C14H17NO3S. The van der Waals surface area contributed by atoms with Crippen LogP contribution in [0.4, 0.5) is 5.69 Å². The van der Waals surface area contributed by atoms with Crippen molar-refractivity contribution in [3.05, 3.63) is 29.3 Å². The second-order valence-electron chi connectivity index (χ2n) is 5.72. The van der Waals surface area contributed by atoms with Crippen molar-refractivity contribution >= 4 is 21.4 Å². The molecule has 2 atom stereocenters. The van der Waals surface area contributed by atoms with E-state index in [4.69, 9.17) is 0 Å². The Kier molecular flexibility index (Phi) is 2.71. The number of fused-ring (bicyclic) bond motifs is 1.